The Balaban J connectivity index is 2.27. The number of carbonyl (C=O) groups excluding carboxylic acids is 2. The van der Waals surface area contributed by atoms with E-state index in [1.165, 1.54) is 7.05 Å². The average molecular weight is 273 g/mol. The number of likely N-dealkylation sites (N-methyl/N-ethyl adjacent to an activating group) is 1. The van der Waals surface area contributed by atoms with Crippen LogP contribution in [0.3, 0.4) is 0 Å². The molecule has 1 fully saturated rings. The first-order valence-electron chi connectivity index (χ1n) is 6.26. The molecule has 104 valence electrons. The summed E-state index contributed by atoms with van der Waals surface area (Å²) in [6.07, 6.45) is 0.682. The summed E-state index contributed by atoms with van der Waals surface area (Å²) < 4.78 is 0. The highest BCUT2D eigenvalue weighted by Gasteiger charge is 2.32. The van der Waals surface area contributed by atoms with Gasteiger partial charge in [-0.3, -0.25) is 14.5 Å². The number of nitrogens with one attached hydrogen (secondary N) is 1. The molecular formula is C13H15N5O2. The van der Waals surface area contributed by atoms with Crippen LogP contribution in [0.4, 0.5) is 5.82 Å². The van der Waals surface area contributed by atoms with Crippen LogP contribution in [0.5, 0.6) is 0 Å². The zero-order valence-electron chi connectivity index (χ0n) is 11.6. The zero-order chi connectivity index (χ0) is 14.9. The number of imide groups is 1. The van der Waals surface area contributed by atoms with Crippen molar-refractivity contribution in [3.63, 3.8) is 0 Å². The number of hydrogen-bond donors (Lipinski definition) is 1. The molecule has 1 saturated heterocycles. The van der Waals surface area contributed by atoms with Crippen LogP contribution < -0.4 is 5.32 Å². The topological polar surface area (TPSA) is 99.0 Å². The van der Waals surface area contributed by atoms with Crippen LogP contribution in [0.15, 0.2) is 0 Å². The highest BCUT2D eigenvalue weighted by Crippen LogP contribution is 2.21. The summed E-state index contributed by atoms with van der Waals surface area (Å²) in [7, 11) is 1.45. The molecule has 0 aromatic carbocycles. The number of aromatic nitrogens is 2. The van der Waals surface area contributed by atoms with E-state index in [-0.39, 0.29) is 17.6 Å². The molecule has 0 radical (unpaired) electrons. The quantitative estimate of drug-likeness (QED) is 0.789. The lowest BCUT2D eigenvalue weighted by molar-refractivity contribution is -0.146. The smallest absolute Gasteiger partial charge is 0.251 e. The maximum Gasteiger partial charge on any atom is 0.251 e. The number of likely N-dealkylation sites (tertiary alicyclic amines) is 1. The first-order valence-corrected chi connectivity index (χ1v) is 6.26. The van der Waals surface area contributed by atoms with E-state index >= 15 is 0 Å². The highest BCUT2D eigenvalue weighted by molar-refractivity contribution is 6.01. The number of rotatable bonds is 2. The van der Waals surface area contributed by atoms with Gasteiger partial charge in [-0.2, -0.15) is 10.4 Å². The molecule has 1 aliphatic heterocycles. The van der Waals surface area contributed by atoms with Gasteiger partial charge in [0, 0.05) is 13.5 Å². The summed E-state index contributed by atoms with van der Waals surface area (Å²) in [4.78, 5) is 24.5. The summed E-state index contributed by atoms with van der Waals surface area (Å²) in [6.45, 7) is 3.55. The first kappa shape index (κ1) is 13.9. The normalized spacial score (nSPS) is 18.9. The van der Waals surface area contributed by atoms with E-state index in [2.05, 4.69) is 21.6 Å². The van der Waals surface area contributed by atoms with E-state index < -0.39 is 6.04 Å². The van der Waals surface area contributed by atoms with Crippen LogP contribution in [0, 0.1) is 25.2 Å². The average Bonchev–Trinajstić information content (AvgIpc) is 2.44. The number of piperidine rings is 1. The summed E-state index contributed by atoms with van der Waals surface area (Å²) >= 11 is 0. The van der Waals surface area contributed by atoms with Crippen LogP contribution >= 0.6 is 0 Å². The molecule has 1 aliphatic rings. The van der Waals surface area contributed by atoms with Crippen molar-refractivity contribution in [2.24, 2.45) is 0 Å². The summed E-state index contributed by atoms with van der Waals surface area (Å²) in [5.74, 6) is -0.221. The second kappa shape index (κ2) is 5.25. The third-order valence-electron chi connectivity index (χ3n) is 3.53. The van der Waals surface area contributed by atoms with Gasteiger partial charge in [-0.05, 0) is 25.8 Å². The molecule has 1 atom stereocenters. The second-order valence-corrected chi connectivity index (χ2v) is 4.77. The van der Waals surface area contributed by atoms with E-state index in [4.69, 9.17) is 0 Å². The minimum absolute atomic E-state index is 0.195. The van der Waals surface area contributed by atoms with E-state index in [9.17, 15) is 14.9 Å². The molecule has 0 aliphatic carbocycles. The predicted octanol–water partition coefficient (Wildman–Crippen LogP) is 0.524. The fourth-order valence-corrected chi connectivity index (χ4v) is 2.06. The van der Waals surface area contributed by atoms with Crippen molar-refractivity contribution in [1.82, 2.24) is 15.1 Å². The molecule has 2 heterocycles. The molecule has 1 aromatic rings. The van der Waals surface area contributed by atoms with Crippen molar-refractivity contribution in [2.45, 2.75) is 32.7 Å². The molecule has 0 spiro atoms. The van der Waals surface area contributed by atoms with Gasteiger partial charge in [-0.1, -0.05) is 0 Å². The van der Waals surface area contributed by atoms with Gasteiger partial charge >= 0.3 is 0 Å². The summed E-state index contributed by atoms with van der Waals surface area (Å²) in [6, 6.07) is 1.52. The van der Waals surface area contributed by atoms with E-state index in [1.807, 2.05) is 0 Å². The van der Waals surface area contributed by atoms with E-state index in [0.29, 0.717) is 24.1 Å². The van der Waals surface area contributed by atoms with Crippen LogP contribution in [-0.2, 0) is 9.59 Å². The number of carbonyl (C=O) groups is 2. The monoisotopic (exact) mass is 273 g/mol. The maximum atomic E-state index is 12.0. The Morgan fingerprint density at radius 3 is 2.70 bits per heavy atom. The standard InChI is InChI=1S/C13H15N5O2/c1-7-8(2)16-17-12(9(7)6-14)15-10-4-5-11(19)18(3)13(10)20/h10H,4-5H2,1-3H3,(H,15,17). The van der Waals surface area contributed by atoms with Crippen molar-refractivity contribution in [2.75, 3.05) is 12.4 Å². The molecule has 1 N–H and O–H groups in total. The van der Waals surface area contributed by atoms with Crippen LogP contribution in [0.2, 0.25) is 0 Å². The molecule has 7 nitrogen and oxygen atoms in total. The van der Waals surface area contributed by atoms with Gasteiger partial charge in [-0.25, -0.2) is 0 Å². The Bertz CT molecular complexity index is 620. The van der Waals surface area contributed by atoms with Gasteiger partial charge in [-0.15, -0.1) is 5.10 Å². The third-order valence-corrected chi connectivity index (χ3v) is 3.53. The van der Waals surface area contributed by atoms with Crippen LogP contribution in [0.1, 0.15) is 29.7 Å². The first-order chi connectivity index (χ1) is 9.45. The largest absolute Gasteiger partial charge is 0.356 e. The number of nitriles is 1. The van der Waals surface area contributed by atoms with E-state index in [1.54, 1.807) is 13.8 Å². The van der Waals surface area contributed by atoms with Crippen molar-refractivity contribution in [1.29, 1.82) is 5.26 Å². The Hall–Kier alpha value is -2.49. The molecule has 20 heavy (non-hydrogen) atoms. The SMILES string of the molecule is Cc1nnc(NC2CCC(=O)N(C)C2=O)c(C#N)c1C. The molecule has 2 amide bonds. The lowest BCUT2D eigenvalue weighted by Crippen LogP contribution is -2.48. The third kappa shape index (κ3) is 2.32. The fraction of sp³-hybridized carbons (Fsp3) is 0.462. The minimum atomic E-state index is -0.554. The molecule has 0 saturated carbocycles. The number of aryl methyl sites for hydroxylation is 1. The minimum Gasteiger partial charge on any atom is -0.356 e. The van der Waals surface area contributed by atoms with Gasteiger partial charge in [0.05, 0.1) is 5.69 Å². The molecule has 7 heteroatoms. The Labute approximate surface area is 116 Å². The lowest BCUT2D eigenvalue weighted by Gasteiger charge is -2.28. The Morgan fingerprint density at radius 2 is 2.05 bits per heavy atom. The molecule has 1 unspecified atom stereocenters. The predicted molar refractivity (Wildman–Crippen MR) is 70.6 cm³/mol. The molecular weight excluding hydrogens is 258 g/mol. The van der Waals surface area contributed by atoms with Crippen LogP contribution in [0.25, 0.3) is 0 Å². The van der Waals surface area contributed by atoms with Gasteiger partial charge in [0.25, 0.3) is 5.91 Å². The zero-order valence-corrected chi connectivity index (χ0v) is 11.6. The van der Waals surface area contributed by atoms with Gasteiger partial charge in [0.1, 0.15) is 17.7 Å². The number of anilines is 1. The van der Waals surface area contributed by atoms with Crippen molar-refractivity contribution in [3.05, 3.63) is 16.8 Å². The molecule has 1 aromatic heterocycles. The van der Waals surface area contributed by atoms with Crippen molar-refractivity contribution < 1.29 is 9.59 Å². The van der Waals surface area contributed by atoms with E-state index in [0.717, 1.165) is 10.5 Å². The molecule has 0 bridgehead atoms. The van der Waals surface area contributed by atoms with Crippen molar-refractivity contribution >= 4 is 17.6 Å². The number of hydrogen-bond acceptors (Lipinski definition) is 6. The number of nitrogens with zero attached hydrogens (tertiary/aromatic N) is 4. The van der Waals surface area contributed by atoms with Crippen LogP contribution in [-0.4, -0.2) is 40.0 Å². The Morgan fingerprint density at radius 1 is 1.35 bits per heavy atom. The highest BCUT2D eigenvalue weighted by atomic mass is 16.2. The maximum absolute atomic E-state index is 12.0. The Kier molecular flexibility index (Phi) is 3.66. The second-order valence-electron chi connectivity index (χ2n) is 4.77. The fourth-order valence-electron chi connectivity index (χ4n) is 2.06. The van der Waals surface area contributed by atoms with Gasteiger partial charge < -0.3 is 5.32 Å². The lowest BCUT2D eigenvalue weighted by atomic mass is 10.0. The summed E-state index contributed by atoms with van der Waals surface area (Å²) in [5, 5.41) is 20.0. The molecule has 2 rings (SSSR count). The van der Waals surface area contributed by atoms with Gasteiger partial charge in [0.15, 0.2) is 5.82 Å². The van der Waals surface area contributed by atoms with Gasteiger partial charge in [0.2, 0.25) is 5.91 Å². The van der Waals surface area contributed by atoms with Crippen molar-refractivity contribution in [3.8, 4) is 6.07 Å². The number of amides is 2. The summed E-state index contributed by atoms with van der Waals surface area (Å²) in [5.41, 5.74) is 1.79.